The molecule has 1 amide bonds. The van der Waals surface area contributed by atoms with Gasteiger partial charge in [0.2, 0.25) is 0 Å². The fraction of sp³-hybridized carbons (Fsp3) is 0.176. The Bertz CT molecular complexity index is 704. The van der Waals surface area contributed by atoms with E-state index < -0.39 is 6.04 Å². The Balaban J connectivity index is 1.78. The van der Waals surface area contributed by atoms with Crippen LogP contribution in [0.1, 0.15) is 27.5 Å². The summed E-state index contributed by atoms with van der Waals surface area (Å²) in [5.41, 5.74) is 2.36. The number of amides is 1. The highest BCUT2D eigenvalue weighted by molar-refractivity contribution is 5.95. The van der Waals surface area contributed by atoms with Crippen LogP contribution in [0.3, 0.4) is 0 Å². The van der Waals surface area contributed by atoms with E-state index in [-0.39, 0.29) is 5.91 Å². The maximum absolute atomic E-state index is 12.3. The van der Waals surface area contributed by atoms with E-state index in [1.807, 2.05) is 36.4 Å². The zero-order valence-electron chi connectivity index (χ0n) is 11.4. The van der Waals surface area contributed by atoms with Gasteiger partial charge in [-0.2, -0.15) is 5.26 Å². The zero-order valence-corrected chi connectivity index (χ0v) is 11.4. The number of hydrogen-bond donors (Lipinski definition) is 1. The van der Waals surface area contributed by atoms with E-state index in [9.17, 15) is 10.1 Å². The largest absolute Gasteiger partial charge is 0.493 e. The van der Waals surface area contributed by atoms with Crippen molar-refractivity contribution in [3.63, 3.8) is 0 Å². The van der Waals surface area contributed by atoms with E-state index in [1.165, 1.54) is 0 Å². The third-order valence-corrected chi connectivity index (χ3v) is 3.49. The molecule has 0 aliphatic carbocycles. The molecule has 1 aliphatic heterocycles. The molecule has 21 heavy (non-hydrogen) atoms. The lowest BCUT2D eigenvalue weighted by Gasteiger charge is -2.12. The number of fused-ring (bicyclic) bond motifs is 1. The summed E-state index contributed by atoms with van der Waals surface area (Å²) in [4.78, 5) is 12.3. The van der Waals surface area contributed by atoms with Gasteiger partial charge in [0.05, 0.1) is 12.7 Å². The van der Waals surface area contributed by atoms with Gasteiger partial charge in [-0.15, -0.1) is 0 Å². The van der Waals surface area contributed by atoms with E-state index in [1.54, 1.807) is 12.1 Å². The van der Waals surface area contributed by atoms with Crippen LogP contribution in [-0.2, 0) is 6.42 Å². The van der Waals surface area contributed by atoms with Crippen molar-refractivity contribution in [2.45, 2.75) is 12.5 Å². The van der Waals surface area contributed by atoms with Gasteiger partial charge in [0.1, 0.15) is 11.8 Å². The summed E-state index contributed by atoms with van der Waals surface area (Å²) in [5, 5.41) is 12.0. The maximum atomic E-state index is 12.3. The van der Waals surface area contributed by atoms with Crippen molar-refractivity contribution < 1.29 is 9.53 Å². The number of benzene rings is 2. The van der Waals surface area contributed by atoms with Crippen LogP contribution < -0.4 is 10.1 Å². The average Bonchev–Trinajstić information content (AvgIpc) is 3.00. The number of hydrogen-bond acceptors (Lipinski definition) is 3. The molecule has 0 spiro atoms. The molecule has 1 heterocycles. The molecule has 1 N–H and O–H groups in total. The Morgan fingerprint density at radius 2 is 2.05 bits per heavy atom. The van der Waals surface area contributed by atoms with Gasteiger partial charge in [-0.1, -0.05) is 30.3 Å². The Morgan fingerprint density at radius 3 is 2.81 bits per heavy atom. The monoisotopic (exact) mass is 278 g/mol. The molecular weight excluding hydrogens is 264 g/mol. The molecule has 1 unspecified atom stereocenters. The Hall–Kier alpha value is -2.80. The highest BCUT2D eigenvalue weighted by Crippen LogP contribution is 2.26. The standard InChI is InChI=1S/C17H14N2O2/c18-11-15(12-4-2-1-3-5-12)19-17(20)14-6-7-16-13(10-14)8-9-21-16/h1-7,10,15H,8-9H2,(H,19,20). The molecule has 2 aromatic carbocycles. The molecule has 0 radical (unpaired) electrons. The van der Waals surface area contributed by atoms with E-state index in [4.69, 9.17) is 4.74 Å². The van der Waals surface area contributed by atoms with Crippen LogP contribution in [0, 0.1) is 11.3 Å². The molecule has 3 rings (SSSR count). The average molecular weight is 278 g/mol. The van der Waals surface area contributed by atoms with E-state index in [0.717, 1.165) is 23.3 Å². The lowest BCUT2D eigenvalue weighted by molar-refractivity contribution is 0.0945. The summed E-state index contributed by atoms with van der Waals surface area (Å²) < 4.78 is 5.42. The molecule has 0 saturated heterocycles. The van der Waals surface area contributed by atoms with Crippen LogP contribution in [0.2, 0.25) is 0 Å². The lowest BCUT2D eigenvalue weighted by atomic mass is 10.1. The summed E-state index contributed by atoms with van der Waals surface area (Å²) in [6.45, 7) is 0.658. The maximum Gasteiger partial charge on any atom is 0.252 e. The van der Waals surface area contributed by atoms with E-state index in [2.05, 4.69) is 11.4 Å². The predicted octanol–water partition coefficient (Wildman–Crippen LogP) is 2.62. The summed E-state index contributed by atoms with van der Waals surface area (Å²) in [6, 6.07) is 16.0. The minimum atomic E-state index is -0.650. The second kappa shape index (κ2) is 5.68. The minimum Gasteiger partial charge on any atom is -0.493 e. The topological polar surface area (TPSA) is 62.1 Å². The van der Waals surface area contributed by atoms with Crippen molar-refractivity contribution in [2.75, 3.05) is 6.61 Å². The van der Waals surface area contributed by atoms with Crippen LogP contribution in [-0.4, -0.2) is 12.5 Å². The van der Waals surface area contributed by atoms with Crippen LogP contribution >= 0.6 is 0 Å². The van der Waals surface area contributed by atoms with Crippen molar-refractivity contribution >= 4 is 5.91 Å². The molecule has 4 heteroatoms. The van der Waals surface area contributed by atoms with Crippen molar-refractivity contribution in [3.05, 3.63) is 65.2 Å². The summed E-state index contributed by atoms with van der Waals surface area (Å²) in [5.74, 6) is 0.589. The second-order valence-corrected chi connectivity index (χ2v) is 4.87. The van der Waals surface area contributed by atoms with Crippen LogP contribution in [0.25, 0.3) is 0 Å². The zero-order chi connectivity index (χ0) is 14.7. The minimum absolute atomic E-state index is 0.250. The Kier molecular flexibility index (Phi) is 3.57. The summed E-state index contributed by atoms with van der Waals surface area (Å²) >= 11 is 0. The Labute approximate surface area is 123 Å². The molecule has 0 bridgehead atoms. The fourth-order valence-electron chi connectivity index (χ4n) is 2.38. The lowest BCUT2D eigenvalue weighted by Crippen LogP contribution is -2.27. The molecule has 2 aromatic rings. The molecule has 4 nitrogen and oxygen atoms in total. The first-order valence-corrected chi connectivity index (χ1v) is 6.79. The van der Waals surface area contributed by atoms with Crippen molar-refractivity contribution in [1.29, 1.82) is 5.26 Å². The quantitative estimate of drug-likeness (QED) is 0.938. The third-order valence-electron chi connectivity index (χ3n) is 3.49. The first-order chi connectivity index (χ1) is 10.3. The van der Waals surface area contributed by atoms with Crippen LogP contribution in [0.15, 0.2) is 48.5 Å². The number of nitrogens with one attached hydrogen (secondary N) is 1. The summed E-state index contributed by atoms with van der Waals surface area (Å²) in [7, 11) is 0. The Morgan fingerprint density at radius 1 is 1.24 bits per heavy atom. The van der Waals surface area contributed by atoms with Crippen LogP contribution in [0.5, 0.6) is 5.75 Å². The van der Waals surface area contributed by atoms with Gasteiger partial charge in [-0.25, -0.2) is 0 Å². The molecule has 104 valence electrons. The molecular formula is C17H14N2O2. The van der Waals surface area contributed by atoms with Gasteiger partial charge >= 0.3 is 0 Å². The van der Waals surface area contributed by atoms with E-state index in [0.29, 0.717) is 12.2 Å². The van der Waals surface area contributed by atoms with Gasteiger partial charge in [0.25, 0.3) is 5.91 Å². The van der Waals surface area contributed by atoms with Gasteiger partial charge in [-0.3, -0.25) is 4.79 Å². The summed E-state index contributed by atoms with van der Waals surface area (Å²) in [6.07, 6.45) is 0.816. The molecule has 0 aromatic heterocycles. The van der Waals surface area contributed by atoms with Crippen LogP contribution in [0.4, 0.5) is 0 Å². The predicted molar refractivity (Wildman–Crippen MR) is 77.9 cm³/mol. The molecule has 1 aliphatic rings. The first-order valence-electron chi connectivity index (χ1n) is 6.79. The fourth-order valence-corrected chi connectivity index (χ4v) is 2.38. The second-order valence-electron chi connectivity index (χ2n) is 4.87. The van der Waals surface area contributed by atoms with Crippen molar-refractivity contribution in [3.8, 4) is 11.8 Å². The van der Waals surface area contributed by atoms with Crippen molar-refractivity contribution in [1.82, 2.24) is 5.32 Å². The number of ether oxygens (including phenoxy) is 1. The smallest absolute Gasteiger partial charge is 0.252 e. The number of nitriles is 1. The number of nitrogens with zero attached hydrogens (tertiary/aromatic N) is 1. The number of rotatable bonds is 3. The number of carbonyl (C=O) groups excluding carboxylic acids is 1. The molecule has 0 fully saturated rings. The number of carbonyl (C=O) groups is 1. The van der Waals surface area contributed by atoms with Gasteiger partial charge in [0, 0.05) is 12.0 Å². The highest BCUT2D eigenvalue weighted by atomic mass is 16.5. The molecule has 0 saturated carbocycles. The van der Waals surface area contributed by atoms with Crippen molar-refractivity contribution in [2.24, 2.45) is 0 Å². The molecule has 1 atom stereocenters. The van der Waals surface area contributed by atoms with E-state index >= 15 is 0 Å². The normalized spacial score (nSPS) is 13.7. The SMILES string of the molecule is N#CC(NC(=O)c1ccc2c(c1)CCO2)c1ccccc1. The van der Waals surface area contributed by atoms with Gasteiger partial charge in [-0.05, 0) is 29.3 Å². The third kappa shape index (κ3) is 2.72. The van der Waals surface area contributed by atoms with Gasteiger partial charge in [0.15, 0.2) is 0 Å². The highest BCUT2D eigenvalue weighted by Gasteiger charge is 2.18. The first kappa shape index (κ1) is 13.2. The van der Waals surface area contributed by atoms with Gasteiger partial charge < -0.3 is 10.1 Å².